The van der Waals surface area contributed by atoms with Gasteiger partial charge in [0, 0.05) is 0 Å². The van der Waals surface area contributed by atoms with Crippen molar-refractivity contribution in [3.05, 3.63) is 23.5 Å². The number of hydrogen-bond donors (Lipinski definition) is 3. The Labute approximate surface area is 82.0 Å². The molecule has 1 rings (SSSR count). The molecule has 0 aliphatic carbocycles. The van der Waals surface area contributed by atoms with E-state index in [-0.39, 0.29) is 5.92 Å². The highest BCUT2D eigenvalue weighted by Crippen LogP contribution is 2.32. The fourth-order valence-electron chi connectivity index (χ4n) is 1.31. The van der Waals surface area contributed by atoms with E-state index < -0.39 is 17.3 Å². The molecule has 0 bridgehead atoms. The van der Waals surface area contributed by atoms with E-state index >= 15 is 0 Å². The first-order valence-corrected chi connectivity index (χ1v) is 4.47. The molecule has 1 aromatic rings. The molecule has 4 heteroatoms. The second-order valence-corrected chi connectivity index (χ2v) is 3.35. The summed E-state index contributed by atoms with van der Waals surface area (Å²) >= 11 is 0. The zero-order valence-corrected chi connectivity index (χ0v) is 8.00. The minimum atomic E-state index is -0.802. The van der Waals surface area contributed by atoms with Gasteiger partial charge in [-0.2, -0.15) is 0 Å². The minimum Gasteiger partial charge on any atom is -0.504 e. The number of aromatic hydroxyl groups is 2. The van der Waals surface area contributed by atoms with E-state index in [9.17, 15) is 9.50 Å². The molecule has 0 spiro atoms. The van der Waals surface area contributed by atoms with E-state index in [0.717, 1.165) is 0 Å². The van der Waals surface area contributed by atoms with Crippen LogP contribution in [0.3, 0.4) is 0 Å². The fraction of sp³-hybridized carbons (Fsp3) is 0.400. The van der Waals surface area contributed by atoms with Crippen molar-refractivity contribution in [2.45, 2.75) is 19.3 Å². The van der Waals surface area contributed by atoms with Crippen LogP contribution in [0.2, 0.25) is 0 Å². The maximum absolute atomic E-state index is 13.0. The van der Waals surface area contributed by atoms with Gasteiger partial charge < -0.3 is 15.9 Å². The second-order valence-electron chi connectivity index (χ2n) is 3.35. The molecule has 1 aromatic carbocycles. The van der Waals surface area contributed by atoms with Crippen molar-refractivity contribution in [1.82, 2.24) is 0 Å². The van der Waals surface area contributed by atoms with Crippen LogP contribution in [-0.2, 0) is 0 Å². The van der Waals surface area contributed by atoms with Crippen LogP contribution in [0, 0.1) is 5.82 Å². The largest absolute Gasteiger partial charge is 0.504 e. The van der Waals surface area contributed by atoms with Crippen molar-refractivity contribution in [1.29, 1.82) is 0 Å². The zero-order valence-electron chi connectivity index (χ0n) is 8.00. The molecule has 0 amide bonds. The molecule has 0 saturated carbocycles. The fourth-order valence-corrected chi connectivity index (χ4v) is 1.31. The van der Waals surface area contributed by atoms with Gasteiger partial charge >= 0.3 is 0 Å². The summed E-state index contributed by atoms with van der Waals surface area (Å²) in [5.41, 5.74) is 6.01. The number of nitrogens with two attached hydrogens (primary N) is 1. The first-order valence-electron chi connectivity index (χ1n) is 4.47. The topological polar surface area (TPSA) is 66.5 Å². The number of halogens is 1. The van der Waals surface area contributed by atoms with E-state index in [1.807, 2.05) is 6.92 Å². The summed E-state index contributed by atoms with van der Waals surface area (Å²) in [5, 5.41) is 18.2. The minimum absolute atomic E-state index is 0.0704. The molecule has 0 aliphatic rings. The molecule has 78 valence electrons. The van der Waals surface area contributed by atoms with Crippen LogP contribution < -0.4 is 5.73 Å². The third-order valence-electron chi connectivity index (χ3n) is 2.23. The highest BCUT2D eigenvalue weighted by molar-refractivity contribution is 5.42. The monoisotopic (exact) mass is 199 g/mol. The second kappa shape index (κ2) is 4.28. The molecule has 14 heavy (non-hydrogen) atoms. The summed E-state index contributed by atoms with van der Waals surface area (Å²) in [6.07, 6.45) is 0.712. The highest BCUT2D eigenvalue weighted by atomic mass is 19.1. The molecule has 0 fully saturated rings. The maximum Gasteiger partial charge on any atom is 0.194 e. The van der Waals surface area contributed by atoms with Crippen LogP contribution >= 0.6 is 0 Å². The Bertz CT molecular complexity index is 305. The molecular formula is C10H14FNO2. The highest BCUT2D eigenvalue weighted by Gasteiger charge is 2.12. The average molecular weight is 199 g/mol. The van der Waals surface area contributed by atoms with E-state index in [2.05, 4.69) is 0 Å². The molecule has 0 heterocycles. The number of hydrogen-bond acceptors (Lipinski definition) is 3. The van der Waals surface area contributed by atoms with Crippen LogP contribution in [0.15, 0.2) is 12.1 Å². The molecule has 4 N–H and O–H groups in total. The lowest BCUT2D eigenvalue weighted by atomic mass is 9.97. The third-order valence-corrected chi connectivity index (χ3v) is 2.23. The lowest BCUT2D eigenvalue weighted by Crippen LogP contribution is -2.04. The molecule has 0 radical (unpaired) electrons. The Hall–Kier alpha value is -1.29. The van der Waals surface area contributed by atoms with Gasteiger partial charge in [-0.3, -0.25) is 0 Å². The van der Waals surface area contributed by atoms with Gasteiger partial charge in [0.25, 0.3) is 0 Å². The van der Waals surface area contributed by atoms with Crippen LogP contribution in [0.4, 0.5) is 4.39 Å². The number of rotatable bonds is 3. The quantitative estimate of drug-likeness (QED) is 0.649. The van der Waals surface area contributed by atoms with Crippen LogP contribution in [0.25, 0.3) is 0 Å². The summed E-state index contributed by atoms with van der Waals surface area (Å²) in [4.78, 5) is 0. The van der Waals surface area contributed by atoms with Crippen molar-refractivity contribution < 1.29 is 14.6 Å². The van der Waals surface area contributed by atoms with Gasteiger partial charge in [0.2, 0.25) is 0 Å². The van der Waals surface area contributed by atoms with Gasteiger partial charge in [-0.25, -0.2) is 4.39 Å². The Morgan fingerprint density at radius 3 is 2.57 bits per heavy atom. The van der Waals surface area contributed by atoms with Crippen molar-refractivity contribution in [3.63, 3.8) is 0 Å². The van der Waals surface area contributed by atoms with E-state index in [1.165, 1.54) is 12.1 Å². The molecule has 1 atom stereocenters. The lowest BCUT2D eigenvalue weighted by Gasteiger charge is -2.11. The molecule has 0 saturated heterocycles. The van der Waals surface area contributed by atoms with Gasteiger partial charge in [0.15, 0.2) is 17.3 Å². The number of phenolic OH excluding ortho intramolecular Hbond substituents is 2. The summed E-state index contributed by atoms with van der Waals surface area (Å²) in [7, 11) is 0. The van der Waals surface area contributed by atoms with Crippen molar-refractivity contribution in [3.8, 4) is 11.5 Å². The van der Waals surface area contributed by atoms with Crippen molar-refractivity contribution in [2.24, 2.45) is 5.73 Å². The standard InChI is InChI=1S/C10H14FNO2/c1-6(2-3-12)7-4-8(11)10(14)9(13)5-7/h4-6,13-14H,2-3,12H2,1H3. The van der Waals surface area contributed by atoms with Gasteiger partial charge in [-0.15, -0.1) is 0 Å². The first kappa shape index (κ1) is 10.8. The van der Waals surface area contributed by atoms with Gasteiger partial charge in [-0.05, 0) is 36.6 Å². The third kappa shape index (κ3) is 2.14. The average Bonchev–Trinajstić information content (AvgIpc) is 2.13. The van der Waals surface area contributed by atoms with Gasteiger partial charge in [-0.1, -0.05) is 6.92 Å². The normalized spacial score (nSPS) is 12.8. The Morgan fingerprint density at radius 2 is 2.07 bits per heavy atom. The zero-order chi connectivity index (χ0) is 10.7. The predicted molar refractivity (Wildman–Crippen MR) is 51.8 cm³/mol. The summed E-state index contributed by atoms with van der Waals surface area (Å²) < 4.78 is 13.0. The van der Waals surface area contributed by atoms with Gasteiger partial charge in [0.05, 0.1) is 0 Å². The molecule has 0 aliphatic heterocycles. The van der Waals surface area contributed by atoms with E-state index in [0.29, 0.717) is 18.5 Å². The summed E-state index contributed by atoms with van der Waals surface area (Å²) in [6, 6.07) is 2.58. The summed E-state index contributed by atoms with van der Waals surface area (Å²) in [5.74, 6) is -1.86. The van der Waals surface area contributed by atoms with Crippen molar-refractivity contribution >= 4 is 0 Å². The molecule has 3 nitrogen and oxygen atoms in total. The molecule has 0 aromatic heterocycles. The maximum atomic E-state index is 13.0. The van der Waals surface area contributed by atoms with Crippen LogP contribution in [-0.4, -0.2) is 16.8 Å². The van der Waals surface area contributed by atoms with Gasteiger partial charge in [0.1, 0.15) is 0 Å². The van der Waals surface area contributed by atoms with Crippen LogP contribution in [0.1, 0.15) is 24.8 Å². The Kier molecular flexibility index (Phi) is 3.30. The lowest BCUT2D eigenvalue weighted by molar-refractivity contribution is 0.377. The van der Waals surface area contributed by atoms with E-state index in [1.54, 1.807) is 0 Å². The molecule has 1 unspecified atom stereocenters. The Morgan fingerprint density at radius 1 is 1.43 bits per heavy atom. The SMILES string of the molecule is CC(CCN)c1cc(O)c(O)c(F)c1. The number of phenols is 2. The van der Waals surface area contributed by atoms with Crippen molar-refractivity contribution in [2.75, 3.05) is 6.54 Å². The number of benzene rings is 1. The van der Waals surface area contributed by atoms with Crippen LogP contribution in [0.5, 0.6) is 11.5 Å². The Balaban J connectivity index is 3.00. The van der Waals surface area contributed by atoms with E-state index in [4.69, 9.17) is 10.8 Å². The molecular weight excluding hydrogens is 185 g/mol. The predicted octanol–water partition coefficient (Wildman–Crippen LogP) is 1.69. The first-order chi connectivity index (χ1) is 6.56. The summed E-state index contributed by atoms with van der Waals surface area (Å²) in [6.45, 7) is 2.39. The smallest absolute Gasteiger partial charge is 0.194 e.